The van der Waals surface area contributed by atoms with Gasteiger partial charge in [0.25, 0.3) is 0 Å². The Morgan fingerprint density at radius 3 is 2.42 bits per heavy atom. The maximum Gasteiger partial charge on any atom is 0.219 e. The standard InChI is InChI=1S/C20H22N2O2/c1-4-21-16-6-11-19-15(13-16)5-12-20(22-19)24-18-9-7-17(8-10-18)23-14(2)3/h5-14,21H,4H2,1-3H3. The number of nitrogens with zero attached hydrogens (tertiary/aromatic N) is 1. The molecule has 0 atom stereocenters. The summed E-state index contributed by atoms with van der Waals surface area (Å²) in [5.41, 5.74) is 2.01. The Morgan fingerprint density at radius 1 is 0.958 bits per heavy atom. The predicted molar refractivity (Wildman–Crippen MR) is 98.2 cm³/mol. The molecule has 1 heterocycles. The lowest BCUT2D eigenvalue weighted by atomic mass is 10.2. The molecule has 2 aromatic carbocycles. The zero-order valence-electron chi connectivity index (χ0n) is 14.2. The van der Waals surface area contributed by atoms with Crippen LogP contribution in [0.15, 0.2) is 54.6 Å². The fourth-order valence-corrected chi connectivity index (χ4v) is 2.46. The van der Waals surface area contributed by atoms with Gasteiger partial charge in [0.15, 0.2) is 0 Å². The summed E-state index contributed by atoms with van der Waals surface area (Å²) >= 11 is 0. The number of nitrogens with one attached hydrogen (secondary N) is 1. The smallest absolute Gasteiger partial charge is 0.219 e. The summed E-state index contributed by atoms with van der Waals surface area (Å²) < 4.78 is 11.5. The van der Waals surface area contributed by atoms with Crippen LogP contribution in [-0.2, 0) is 0 Å². The second-order valence-electron chi connectivity index (χ2n) is 5.83. The molecule has 4 heteroatoms. The summed E-state index contributed by atoms with van der Waals surface area (Å²) in [6.07, 6.45) is 0.158. The third-order valence-corrected chi connectivity index (χ3v) is 3.46. The van der Waals surface area contributed by atoms with Crippen molar-refractivity contribution in [3.63, 3.8) is 0 Å². The highest BCUT2D eigenvalue weighted by atomic mass is 16.5. The number of hydrogen-bond acceptors (Lipinski definition) is 4. The number of anilines is 1. The molecule has 3 aromatic rings. The average Bonchev–Trinajstić information content (AvgIpc) is 2.57. The van der Waals surface area contributed by atoms with Gasteiger partial charge in [-0.1, -0.05) is 0 Å². The fraction of sp³-hybridized carbons (Fsp3) is 0.250. The molecule has 1 aromatic heterocycles. The number of pyridine rings is 1. The van der Waals surface area contributed by atoms with E-state index in [9.17, 15) is 0 Å². The number of hydrogen-bond donors (Lipinski definition) is 1. The lowest BCUT2D eigenvalue weighted by Gasteiger charge is -2.11. The normalized spacial score (nSPS) is 10.8. The van der Waals surface area contributed by atoms with Gasteiger partial charge in [-0.05, 0) is 69.3 Å². The first kappa shape index (κ1) is 16.1. The van der Waals surface area contributed by atoms with E-state index < -0.39 is 0 Å². The predicted octanol–water partition coefficient (Wildman–Crippen LogP) is 5.25. The molecule has 0 amide bonds. The van der Waals surface area contributed by atoms with E-state index in [1.165, 1.54) is 0 Å². The summed E-state index contributed by atoms with van der Waals surface area (Å²) in [5, 5.41) is 4.39. The van der Waals surface area contributed by atoms with Gasteiger partial charge in [0, 0.05) is 23.7 Å². The lowest BCUT2D eigenvalue weighted by molar-refractivity contribution is 0.242. The van der Waals surface area contributed by atoms with Crippen LogP contribution in [-0.4, -0.2) is 17.6 Å². The van der Waals surface area contributed by atoms with Crippen LogP contribution in [0.2, 0.25) is 0 Å². The molecule has 0 spiro atoms. The summed E-state index contributed by atoms with van der Waals surface area (Å²) in [7, 11) is 0. The van der Waals surface area contributed by atoms with Gasteiger partial charge in [-0.25, -0.2) is 4.98 Å². The monoisotopic (exact) mass is 322 g/mol. The summed E-state index contributed by atoms with van der Waals surface area (Å²) in [4.78, 5) is 4.56. The SMILES string of the molecule is CCNc1ccc2nc(Oc3ccc(OC(C)C)cc3)ccc2c1. The Hall–Kier alpha value is -2.75. The van der Waals surface area contributed by atoms with Crippen molar-refractivity contribution in [2.45, 2.75) is 26.9 Å². The Balaban J connectivity index is 1.76. The zero-order chi connectivity index (χ0) is 16.9. The van der Waals surface area contributed by atoms with Gasteiger partial charge in [0.1, 0.15) is 11.5 Å². The van der Waals surface area contributed by atoms with Gasteiger partial charge < -0.3 is 14.8 Å². The average molecular weight is 322 g/mol. The quantitative estimate of drug-likeness (QED) is 0.673. The van der Waals surface area contributed by atoms with E-state index in [2.05, 4.69) is 23.3 Å². The molecule has 0 aliphatic carbocycles. The molecule has 0 aliphatic rings. The number of rotatable bonds is 6. The molecule has 3 rings (SSSR count). The van der Waals surface area contributed by atoms with Crippen LogP contribution >= 0.6 is 0 Å². The highest BCUT2D eigenvalue weighted by molar-refractivity contribution is 5.82. The maximum atomic E-state index is 5.84. The Labute approximate surface area is 142 Å². The second kappa shape index (κ2) is 7.21. The van der Waals surface area contributed by atoms with Gasteiger partial charge in [0.05, 0.1) is 11.6 Å². The molecule has 0 fully saturated rings. The molecular formula is C20H22N2O2. The van der Waals surface area contributed by atoms with Gasteiger partial charge in [-0.3, -0.25) is 0 Å². The molecule has 0 saturated carbocycles. The van der Waals surface area contributed by atoms with Gasteiger partial charge in [0.2, 0.25) is 5.88 Å². The zero-order valence-corrected chi connectivity index (χ0v) is 14.2. The number of aromatic nitrogens is 1. The van der Waals surface area contributed by atoms with E-state index in [-0.39, 0.29) is 6.10 Å². The van der Waals surface area contributed by atoms with Crippen LogP contribution in [0, 0.1) is 0 Å². The molecule has 0 bridgehead atoms. The Bertz CT molecular complexity index is 813. The highest BCUT2D eigenvalue weighted by Gasteiger charge is 2.03. The van der Waals surface area contributed by atoms with Crippen molar-refractivity contribution in [3.05, 3.63) is 54.6 Å². The molecule has 0 unspecified atom stereocenters. The van der Waals surface area contributed by atoms with Crippen molar-refractivity contribution in [1.29, 1.82) is 0 Å². The minimum atomic E-state index is 0.158. The van der Waals surface area contributed by atoms with Crippen molar-refractivity contribution >= 4 is 16.6 Å². The van der Waals surface area contributed by atoms with Crippen molar-refractivity contribution in [2.75, 3.05) is 11.9 Å². The van der Waals surface area contributed by atoms with Crippen molar-refractivity contribution in [2.24, 2.45) is 0 Å². The van der Waals surface area contributed by atoms with Crippen molar-refractivity contribution in [3.8, 4) is 17.4 Å². The largest absolute Gasteiger partial charge is 0.491 e. The first-order valence-corrected chi connectivity index (χ1v) is 8.23. The molecular weight excluding hydrogens is 300 g/mol. The number of fused-ring (bicyclic) bond motifs is 1. The van der Waals surface area contributed by atoms with Crippen molar-refractivity contribution in [1.82, 2.24) is 4.98 Å². The van der Waals surface area contributed by atoms with Crippen LogP contribution in [0.4, 0.5) is 5.69 Å². The minimum absolute atomic E-state index is 0.158. The molecule has 4 nitrogen and oxygen atoms in total. The van der Waals surface area contributed by atoms with Crippen molar-refractivity contribution < 1.29 is 9.47 Å². The van der Waals surface area contributed by atoms with Crippen LogP contribution < -0.4 is 14.8 Å². The second-order valence-corrected chi connectivity index (χ2v) is 5.83. The third kappa shape index (κ3) is 3.96. The molecule has 124 valence electrons. The Morgan fingerprint density at radius 2 is 1.71 bits per heavy atom. The number of ether oxygens (including phenoxy) is 2. The topological polar surface area (TPSA) is 43.4 Å². The summed E-state index contributed by atoms with van der Waals surface area (Å²) in [6, 6.07) is 17.6. The van der Waals surface area contributed by atoms with Crippen LogP contribution in [0.5, 0.6) is 17.4 Å². The van der Waals surface area contributed by atoms with Gasteiger partial charge >= 0.3 is 0 Å². The number of benzene rings is 2. The van der Waals surface area contributed by atoms with E-state index in [0.717, 1.165) is 34.6 Å². The van der Waals surface area contributed by atoms with Gasteiger partial charge in [-0.15, -0.1) is 0 Å². The highest BCUT2D eigenvalue weighted by Crippen LogP contribution is 2.26. The van der Waals surface area contributed by atoms with Crippen LogP contribution in [0.25, 0.3) is 10.9 Å². The van der Waals surface area contributed by atoms with E-state index in [0.29, 0.717) is 5.88 Å². The fourth-order valence-electron chi connectivity index (χ4n) is 2.46. The maximum absolute atomic E-state index is 5.84. The molecule has 0 radical (unpaired) electrons. The minimum Gasteiger partial charge on any atom is -0.491 e. The molecule has 24 heavy (non-hydrogen) atoms. The van der Waals surface area contributed by atoms with E-state index in [4.69, 9.17) is 9.47 Å². The third-order valence-electron chi connectivity index (χ3n) is 3.46. The van der Waals surface area contributed by atoms with E-state index in [1.54, 1.807) is 0 Å². The van der Waals surface area contributed by atoms with E-state index >= 15 is 0 Å². The first-order chi connectivity index (χ1) is 11.6. The van der Waals surface area contributed by atoms with Crippen LogP contribution in [0.3, 0.4) is 0 Å². The molecule has 0 aliphatic heterocycles. The molecule has 0 saturated heterocycles. The summed E-state index contributed by atoms with van der Waals surface area (Å²) in [5.74, 6) is 2.15. The lowest BCUT2D eigenvalue weighted by Crippen LogP contribution is -2.05. The van der Waals surface area contributed by atoms with E-state index in [1.807, 2.05) is 62.4 Å². The van der Waals surface area contributed by atoms with Gasteiger partial charge in [-0.2, -0.15) is 0 Å². The molecule has 1 N–H and O–H groups in total. The van der Waals surface area contributed by atoms with Crippen LogP contribution in [0.1, 0.15) is 20.8 Å². The summed E-state index contributed by atoms with van der Waals surface area (Å²) in [6.45, 7) is 6.99. The first-order valence-electron chi connectivity index (χ1n) is 8.23. The Kier molecular flexibility index (Phi) is 4.85.